The molecule has 4 aromatic rings. The van der Waals surface area contributed by atoms with Gasteiger partial charge in [-0.25, -0.2) is 4.98 Å². The third-order valence-corrected chi connectivity index (χ3v) is 4.39. The van der Waals surface area contributed by atoms with Crippen molar-refractivity contribution in [3.8, 4) is 11.3 Å². The Labute approximate surface area is 140 Å². The van der Waals surface area contributed by atoms with Crippen molar-refractivity contribution in [2.45, 2.75) is 20.7 Å². The van der Waals surface area contributed by atoms with Crippen molar-refractivity contribution in [1.82, 2.24) is 9.38 Å². The van der Waals surface area contributed by atoms with Crippen molar-refractivity contribution < 1.29 is 8.68 Å². The Kier molecular flexibility index (Phi) is 2.34. The smallest absolute Gasteiger partial charge is 0.214 e. The summed E-state index contributed by atoms with van der Waals surface area (Å²) in [6.07, 6.45) is 4.04. The Bertz CT molecular complexity index is 1160. The van der Waals surface area contributed by atoms with E-state index in [-0.39, 0.29) is 0 Å². The molecule has 3 heteroatoms. The predicted octanol–water partition coefficient (Wildman–Crippen LogP) is 3.90. The number of benzene rings is 1. The Morgan fingerprint density at radius 3 is 2.87 bits per heavy atom. The molecule has 0 saturated carbocycles. The quantitative estimate of drug-likeness (QED) is 0.489. The molecule has 0 saturated heterocycles. The van der Waals surface area contributed by atoms with Gasteiger partial charge in [0.2, 0.25) is 5.69 Å². The summed E-state index contributed by atoms with van der Waals surface area (Å²) >= 11 is 0. The van der Waals surface area contributed by atoms with E-state index in [1.807, 2.05) is 68.2 Å². The minimum atomic E-state index is -2.13. The number of aromatic nitrogens is 3. The molecule has 0 amide bonds. The van der Waals surface area contributed by atoms with Gasteiger partial charge in [0.05, 0.1) is 0 Å². The van der Waals surface area contributed by atoms with Crippen LogP contribution in [0.1, 0.15) is 20.8 Å². The standard InChI is InChI=1S/C20H20N3/c1-13-9-14(2)15(3)16(10-13)18-11-17-19(12-22(18)4)23-8-6-5-7-20(23)21-17/h5-12H,1-4H3/q+1/i2D3. The largest absolute Gasteiger partial charge is 0.295 e. The zero-order chi connectivity index (χ0) is 18.6. The van der Waals surface area contributed by atoms with Gasteiger partial charge in [-0.1, -0.05) is 17.7 Å². The first kappa shape index (κ1) is 10.9. The molecule has 0 N–H and O–H groups in total. The molecule has 4 rings (SSSR count). The molecule has 0 unspecified atom stereocenters. The summed E-state index contributed by atoms with van der Waals surface area (Å²) in [5.74, 6) is 0. The molecule has 3 aromatic heterocycles. The van der Waals surface area contributed by atoms with E-state index in [4.69, 9.17) is 9.10 Å². The highest BCUT2D eigenvalue weighted by Gasteiger charge is 2.18. The number of imidazole rings is 1. The highest BCUT2D eigenvalue weighted by molar-refractivity contribution is 5.82. The van der Waals surface area contributed by atoms with Crippen molar-refractivity contribution >= 4 is 16.7 Å². The zero-order valence-corrected chi connectivity index (χ0v) is 13.5. The van der Waals surface area contributed by atoms with Crippen LogP contribution < -0.4 is 4.57 Å². The highest BCUT2D eigenvalue weighted by Crippen LogP contribution is 2.27. The minimum Gasteiger partial charge on any atom is -0.295 e. The molecule has 0 aliphatic carbocycles. The lowest BCUT2D eigenvalue weighted by Gasteiger charge is -2.09. The number of pyridine rings is 2. The molecule has 0 aliphatic heterocycles. The summed E-state index contributed by atoms with van der Waals surface area (Å²) in [6.45, 7) is 1.68. The van der Waals surface area contributed by atoms with Gasteiger partial charge in [-0.15, -0.1) is 0 Å². The number of hydrogen-bond donors (Lipinski definition) is 0. The lowest BCUT2D eigenvalue weighted by atomic mass is 9.97. The molecular weight excluding hydrogens is 282 g/mol. The van der Waals surface area contributed by atoms with Crippen molar-refractivity contribution in [2.24, 2.45) is 7.05 Å². The summed E-state index contributed by atoms with van der Waals surface area (Å²) < 4.78 is 27.6. The van der Waals surface area contributed by atoms with Crippen molar-refractivity contribution in [2.75, 3.05) is 0 Å². The van der Waals surface area contributed by atoms with E-state index in [9.17, 15) is 0 Å². The summed E-state index contributed by atoms with van der Waals surface area (Å²) in [4.78, 5) is 4.70. The van der Waals surface area contributed by atoms with E-state index < -0.39 is 6.85 Å². The number of hydrogen-bond acceptors (Lipinski definition) is 1. The molecule has 1 aromatic carbocycles. The van der Waals surface area contributed by atoms with Crippen LogP contribution in [0.2, 0.25) is 0 Å². The topological polar surface area (TPSA) is 21.2 Å². The van der Waals surface area contributed by atoms with Crippen molar-refractivity contribution in [3.63, 3.8) is 0 Å². The molecule has 0 aliphatic rings. The van der Waals surface area contributed by atoms with Gasteiger partial charge in [-0.3, -0.25) is 4.40 Å². The molecule has 23 heavy (non-hydrogen) atoms. The van der Waals surface area contributed by atoms with Crippen LogP contribution in [0.25, 0.3) is 27.9 Å². The third kappa shape index (κ3) is 2.12. The Hall–Kier alpha value is -2.68. The van der Waals surface area contributed by atoms with Gasteiger partial charge in [-0.05, 0) is 50.0 Å². The van der Waals surface area contributed by atoms with E-state index in [1.54, 1.807) is 6.07 Å². The number of aryl methyl sites for hydroxylation is 3. The monoisotopic (exact) mass is 305 g/mol. The molecule has 0 radical (unpaired) electrons. The van der Waals surface area contributed by atoms with Crippen LogP contribution in [-0.2, 0) is 7.05 Å². The van der Waals surface area contributed by atoms with Gasteiger partial charge in [-0.2, -0.15) is 4.57 Å². The summed E-state index contributed by atoms with van der Waals surface area (Å²) in [6, 6.07) is 11.8. The SMILES string of the molecule is [2H]C([2H])([2H])c1cc(C)cc(-c2cc3nc4ccccn4c3c[n+]2C)c1C. The first-order valence-corrected chi connectivity index (χ1v) is 7.64. The second-order valence-electron chi connectivity index (χ2n) is 6.07. The first-order chi connectivity index (χ1) is 12.3. The first-order valence-electron chi connectivity index (χ1n) is 9.14. The van der Waals surface area contributed by atoms with Gasteiger partial charge in [0.25, 0.3) is 0 Å². The Morgan fingerprint density at radius 2 is 2.04 bits per heavy atom. The molecule has 3 heterocycles. The fourth-order valence-electron chi connectivity index (χ4n) is 3.14. The van der Waals surface area contributed by atoms with Crippen LogP contribution >= 0.6 is 0 Å². The summed E-state index contributed by atoms with van der Waals surface area (Å²) in [5, 5.41) is 0. The summed E-state index contributed by atoms with van der Waals surface area (Å²) in [5.41, 5.74) is 6.81. The van der Waals surface area contributed by atoms with Gasteiger partial charge in [0.1, 0.15) is 23.7 Å². The molecule has 0 atom stereocenters. The molecule has 0 fully saturated rings. The number of nitrogens with zero attached hydrogens (tertiary/aromatic N) is 3. The lowest BCUT2D eigenvalue weighted by molar-refractivity contribution is -0.659. The van der Waals surface area contributed by atoms with Crippen LogP contribution in [0.4, 0.5) is 0 Å². The lowest BCUT2D eigenvalue weighted by Crippen LogP contribution is -2.30. The second-order valence-corrected chi connectivity index (χ2v) is 6.07. The molecular formula is C20H20N3+. The molecule has 0 bridgehead atoms. The van der Waals surface area contributed by atoms with Crippen LogP contribution in [0.3, 0.4) is 0 Å². The van der Waals surface area contributed by atoms with Gasteiger partial charge in [0, 0.05) is 21.9 Å². The molecule has 0 spiro atoms. The molecule has 3 nitrogen and oxygen atoms in total. The maximum Gasteiger partial charge on any atom is 0.214 e. The van der Waals surface area contributed by atoms with Crippen LogP contribution in [0, 0.1) is 20.7 Å². The van der Waals surface area contributed by atoms with Crippen molar-refractivity contribution in [3.05, 3.63) is 65.5 Å². The van der Waals surface area contributed by atoms with Gasteiger partial charge < -0.3 is 0 Å². The fourth-order valence-corrected chi connectivity index (χ4v) is 3.14. The average molecular weight is 305 g/mol. The van der Waals surface area contributed by atoms with Crippen LogP contribution in [0.15, 0.2) is 48.8 Å². The average Bonchev–Trinajstić information content (AvgIpc) is 2.92. The van der Waals surface area contributed by atoms with Gasteiger partial charge >= 0.3 is 0 Å². The Balaban J connectivity index is 2.02. The number of fused-ring (bicyclic) bond motifs is 3. The predicted molar refractivity (Wildman–Crippen MR) is 93.5 cm³/mol. The summed E-state index contributed by atoms with van der Waals surface area (Å²) in [7, 11) is 1.98. The molecule has 114 valence electrons. The maximum absolute atomic E-state index is 7.84. The fraction of sp³-hybridized carbons (Fsp3) is 0.200. The maximum atomic E-state index is 7.84. The van der Waals surface area contributed by atoms with Crippen LogP contribution in [-0.4, -0.2) is 9.38 Å². The van der Waals surface area contributed by atoms with Gasteiger partial charge in [0.15, 0.2) is 6.20 Å². The third-order valence-electron chi connectivity index (χ3n) is 4.39. The zero-order valence-electron chi connectivity index (χ0n) is 16.5. The minimum absolute atomic E-state index is 0.405. The van der Waals surface area contributed by atoms with E-state index in [0.29, 0.717) is 5.56 Å². The van der Waals surface area contributed by atoms with E-state index in [1.165, 1.54) is 0 Å². The highest BCUT2D eigenvalue weighted by atomic mass is 15.0. The number of rotatable bonds is 1. The van der Waals surface area contributed by atoms with Crippen LogP contribution in [0.5, 0.6) is 0 Å². The Morgan fingerprint density at radius 1 is 1.17 bits per heavy atom. The van der Waals surface area contributed by atoms with E-state index >= 15 is 0 Å². The van der Waals surface area contributed by atoms with E-state index in [0.717, 1.165) is 39.1 Å². The van der Waals surface area contributed by atoms with E-state index in [2.05, 4.69) is 4.40 Å². The van der Waals surface area contributed by atoms with Crippen molar-refractivity contribution in [1.29, 1.82) is 0 Å². The second kappa shape index (κ2) is 4.92. The normalized spacial score (nSPS) is 14.0.